The van der Waals surface area contributed by atoms with Gasteiger partial charge in [0.05, 0.1) is 0 Å². The molecule has 0 atom stereocenters. The van der Waals surface area contributed by atoms with E-state index >= 15 is 0 Å². The van der Waals surface area contributed by atoms with E-state index in [0.29, 0.717) is 23.9 Å². The lowest BCUT2D eigenvalue weighted by atomic mass is 10.1. The zero-order valence-electron chi connectivity index (χ0n) is 15.7. The molecule has 0 radical (unpaired) electrons. The molecule has 1 aromatic rings. The van der Waals surface area contributed by atoms with E-state index < -0.39 is 0 Å². The van der Waals surface area contributed by atoms with Crippen LogP contribution in [0.1, 0.15) is 33.6 Å². The highest BCUT2D eigenvalue weighted by Crippen LogP contribution is 2.19. The Morgan fingerprint density at radius 1 is 1.12 bits per heavy atom. The third-order valence-corrected chi connectivity index (χ3v) is 4.48. The highest BCUT2D eigenvalue weighted by Gasteiger charge is 2.20. The van der Waals surface area contributed by atoms with Crippen LogP contribution in [0.15, 0.2) is 24.3 Å². The van der Waals surface area contributed by atoms with Crippen molar-refractivity contribution in [3.63, 3.8) is 0 Å². The summed E-state index contributed by atoms with van der Waals surface area (Å²) in [6.45, 7) is 9.08. The van der Waals surface area contributed by atoms with E-state index in [-0.39, 0.29) is 11.8 Å². The van der Waals surface area contributed by atoms with Crippen molar-refractivity contribution in [1.29, 1.82) is 0 Å². The van der Waals surface area contributed by atoms with Gasteiger partial charge in [0.15, 0.2) is 5.11 Å². The summed E-state index contributed by atoms with van der Waals surface area (Å²) < 4.78 is 0. The second kappa shape index (κ2) is 9.52. The number of hydrogen-bond donors (Lipinski definition) is 2. The van der Waals surface area contributed by atoms with Gasteiger partial charge in [-0.05, 0) is 42.4 Å². The highest BCUT2D eigenvalue weighted by atomic mass is 32.1. The Kier molecular flexibility index (Phi) is 7.38. The number of nitrogens with one attached hydrogen (secondary N) is 2. The summed E-state index contributed by atoms with van der Waals surface area (Å²) in [5.74, 6) is 0.441. The Bertz CT molecular complexity index is 637. The number of hydrogen-bond acceptors (Lipinski definition) is 4. The number of benzene rings is 1. The maximum absolute atomic E-state index is 11.7. The van der Waals surface area contributed by atoms with E-state index in [1.54, 1.807) is 0 Å². The molecule has 0 unspecified atom stereocenters. The van der Waals surface area contributed by atoms with Gasteiger partial charge in [-0.25, -0.2) is 0 Å². The maximum atomic E-state index is 11.7. The summed E-state index contributed by atoms with van der Waals surface area (Å²) in [5.41, 5.74) is 1.96. The first-order valence-electron chi connectivity index (χ1n) is 9.12. The van der Waals surface area contributed by atoms with Gasteiger partial charge in [-0.15, -0.1) is 0 Å². The largest absolute Gasteiger partial charge is 0.368 e. The lowest BCUT2D eigenvalue weighted by Gasteiger charge is -2.36. The minimum absolute atomic E-state index is 0.0754. The molecule has 0 saturated carbocycles. The topological polar surface area (TPSA) is 64.7 Å². The van der Waals surface area contributed by atoms with E-state index in [9.17, 15) is 9.59 Å². The molecule has 0 aliphatic carbocycles. The monoisotopic (exact) mass is 376 g/mol. The Balaban J connectivity index is 1.84. The van der Waals surface area contributed by atoms with Crippen LogP contribution in [0.25, 0.3) is 0 Å². The third kappa shape index (κ3) is 5.98. The number of carbonyl (C=O) groups is 2. The number of carbonyl (C=O) groups excluding carboxylic acids is 2. The van der Waals surface area contributed by atoms with Gasteiger partial charge in [-0.1, -0.05) is 20.8 Å². The number of rotatable bonds is 5. The average Bonchev–Trinajstić information content (AvgIpc) is 2.61. The molecule has 2 amide bonds. The number of anilines is 2. The summed E-state index contributed by atoms with van der Waals surface area (Å²) in [5, 5.41) is 6.04. The van der Waals surface area contributed by atoms with Crippen molar-refractivity contribution in [2.45, 2.75) is 33.6 Å². The molecular weight excluding hydrogens is 348 g/mol. The Labute approximate surface area is 160 Å². The van der Waals surface area contributed by atoms with Crippen LogP contribution in [0.3, 0.4) is 0 Å². The Morgan fingerprint density at radius 2 is 1.73 bits per heavy atom. The van der Waals surface area contributed by atoms with Crippen LogP contribution in [0.2, 0.25) is 0 Å². The van der Waals surface area contributed by atoms with Crippen molar-refractivity contribution in [1.82, 2.24) is 10.2 Å². The first kappa shape index (κ1) is 20.2. The molecule has 1 saturated heterocycles. The van der Waals surface area contributed by atoms with Gasteiger partial charge in [0.25, 0.3) is 0 Å². The van der Waals surface area contributed by atoms with Crippen molar-refractivity contribution in [3.8, 4) is 0 Å². The van der Waals surface area contributed by atoms with E-state index in [0.717, 1.165) is 37.6 Å². The third-order valence-electron chi connectivity index (χ3n) is 4.27. The number of piperazine rings is 1. The van der Waals surface area contributed by atoms with Crippen LogP contribution in [-0.4, -0.2) is 48.0 Å². The lowest BCUT2D eigenvalue weighted by Crippen LogP contribution is -2.48. The molecular formula is C19H28N4O2S. The SMILES string of the molecule is CCC(=O)N1CCN(c2ccc(NC(=S)NC(=O)CC(C)C)cc2)CC1. The molecule has 7 heteroatoms. The molecule has 2 N–H and O–H groups in total. The van der Waals surface area contributed by atoms with Gasteiger partial charge in [0, 0.05) is 50.4 Å². The fraction of sp³-hybridized carbons (Fsp3) is 0.526. The number of thiocarbonyl (C=S) groups is 1. The predicted molar refractivity (Wildman–Crippen MR) is 109 cm³/mol. The normalized spacial score (nSPS) is 14.3. The molecule has 1 heterocycles. The second-order valence-electron chi connectivity index (χ2n) is 6.87. The van der Waals surface area contributed by atoms with Crippen LogP contribution >= 0.6 is 12.2 Å². The first-order valence-corrected chi connectivity index (χ1v) is 9.53. The van der Waals surface area contributed by atoms with Crippen LogP contribution < -0.4 is 15.5 Å². The summed E-state index contributed by atoms with van der Waals surface area (Å²) >= 11 is 5.18. The van der Waals surface area contributed by atoms with E-state index in [4.69, 9.17) is 12.2 Å². The quantitative estimate of drug-likeness (QED) is 0.774. The van der Waals surface area contributed by atoms with Crippen LogP contribution in [0, 0.1) is 5.92 Å². The number of amides is 2. The van der Waals surface area contributed by atoms with E-state index in [2.05, 4.69) is 15.5 Å². The molecule has 0 bridgehead atoms. The molecule has 0 aromatic heterocycles. The van der Waals surface area contributed by atoms with Gasteiger partial charge < -0.3 is 20.4 Å². The predicted octanol–water partition coefficient (Wildman–Crippen LogP) is 2.60. The molecule has 0 spiro atoms. The molecule has 6 nitrogen and oxygen atoms in total. The fourth-order valence-corrected chi connectivity index (χ4v) is 3.14. The van der Waals surface area contributed by atoms with Gasteiger partial charge in [0.1, 0.15) is 0 Å². The summed E-state index contributed by atoms with van der Waals surface area (Å²) in [6.07, 6.45) is 1.02. The molecule has 1 aliphatic rings. The van der Waals surface area contributed by atoms with Crippen LogP contribution in [0.5, 0.6) is 0 Å². The van der Waals surface area contributed by atoms with E-state index in [1.807, 2.05) is 49.9 Å². The van der Waals surface area contributed by atoms with Gasteiger partial charge in [0.2, 0.25) is 11.8 Å². The van der Waals surface area contributed by atoms with Gasteiger partial charge in [-0.3, -0.25) is 9.59 Å². The second-order valence-corrected chi connectivity index (χ2v) is 7.28. The summed E-state index contributed by atoms with van der Waals surface area (Å²) in [7, 11) is 0. The molecule has 26 heavy (non-hydrogen) atoms. The minimum Gasteiger partial charge on any atom is -0.368 e. The molecule has 142 valence electrons. The summed E-state index contributed by atoms with van der Waals surface area (Å²) in [6, 6.07) is 7.94. The van der Waals surface area contributed by atoms with Crippen molar-refractivity contribution in [2.24, 2.45) is 5.92 Å². The maximum Gasteiger partial charge on any atom is 0.226 e. The molecule has 1 aromatic carbocycles. The Morgan fingerprint density at radius 3 is 2.27 bits per heavy atom. The smallest absolute Gasteiger partial charge is 0.226 e. The lowest BCUT2D eigenvalue weighted by molar-refractivity contribution is -0.131. The van der Waals surface area contributed by atoms with Crippen LogP contribution in [-0.2, 0) is 9.59 Å². The van der Waals surface area contributed by atoms with Gasteiger partial charge >= 0.3 is 0 Å². The highest BCUT2D eigenvalue weighted by molar-refractivity contribution is 7.80. The first-order chi connectivity index (χ1) is 12.4. The zero-order valence-corrected chi connectivity index (χ0v) is 16.6. The summed E-state index contributed by atoms with van der Waals surface area (Å²) in [4.78, 5) is 27.7. The fourth-order valence-electron chi connectivity index (χ4n) is 2.90. The standard InChI is InChI=1S/C19H28N4O2S/c1-4-18(25)23-11-9-22(10-12-23)16-7-5-15(6-8-16)20-19(26)21-17(24)13-14(2)3/h5-8,14H,4,9-13H2,1-3H3,(H2,20,21,24,26). The van der Waals surface area contributed by atoms with E-state index in [1.165, 1.54) is 0 Å². The van der Waals surface area contributed by atoms with Crippen molar-refractivity contribution < 1.29 is 9.59 Å². The molecule has 1 fully saturated rings. The van der Waals surface area contributed by atoms with Gasteiger partial charge in [-0.2, -0.15) is 0 Å². The molecule has 2 rings (SSSR count). The van der Waals surface area contributed by atoms with Crippen molar-refractivity contribution in [2.75, 3.05) is 36.4 Å². The molecule has 1 aliphatic heterocycles. The van der Waals surface area contributed by atoms with Crippen molar-refractivity contribution >= 4 is 40.5 Å². The zero-order chi connectivity index (χ0) is 19.1. The number of nitrogens with zero attached hydrogens (tertiary/aromatic N) is 2. The minimum atomic E-state index is -0.0754. The Hall–Kier alpha value is -2.15. The van der Waals surface area contributed by atoms with Crippen LogP contribution in [0.4, 0.5) is 11.4 Å². The van der Waals surface area contributed by atoms with Crippen molar-refractivity contribution in [3.05, 3.63) is 24.3 Å². The average molecular weight is 377 g/mol.